The van der Waals surface area contributed by atoms with Crippen LogP contribution in [0.3, 0.4) is 0 Å². The van der Waals surface area contributed by atoms with Crippen LogP contribution in [0.1, 0.15) is 16.7 Å². The van der Waals surface area contributed by atoms with Crippen LogP contribution in [0.2, 0.25) is 10.0 Å². The van der Waals surface area contributed by atoms with E-state index >= 15 is 0 Å². The highest BCUT2D eigenvalue weighted by atomic mass is 35.5. The van der Waals surface area contributed by atoms with Crippen LogP contribution in [0.25, 0.3) is 6.08 Å². The zero-order valence-corrected chi connectivity index (χ0v) is 18.1. The number of rotatable bonds is 5. The molecule has 0 saturated heterocycles. The highest BCUT2D eigenvalue weighted by Gasteiger charge is 2.17. The Morgan fingerprint density at radius 2 is 1.77 bits per heavy atom. The van der Waals surface area contributed by atoms with E-state index in [1.807, 2.05) is 36.4 Å². The molecule has 31 heavy (non-hydrogen) atoms. The molecule has 1 aliphatic rings. The number of nitro groups is 1. The molecule has 0 N–H and O–H groups in total. The zero-order valence-electron chi connectivity index (χ0n) is 16.5. The van der Waals surface area contributed by atoms with E-state index in [-0.39, 0.29) is 10.6 Å². The minimum Gasteiger partial charge on any atom is -0.365 e. The van der Waals surface area contributed by atoms with Crippen molar-refractivity contribution >= 4 is 46.4 Å². The van der Waals surface area contributed by atoms with Gasteiger partial charge in [0.15, 0.2) is 0 Å². The molecule has 0 amide bonds. The van der Waals surface area contributed by atoms with Crippen LogP contribution in [-0.4, -0.2) is 23.7 Å². The molecule has 0 aromatic heterocycles. The number of nitrogens with zero attached hydrogens (tertiary/aromatic N) is 3. The van der Waals surface area contributed by atoms with Gasteiger partial charge in [-0.05, 0) is 35.4 Å². The lowest BCUT2D eigenvalue weighted by Crippen LogP contribution is -2.25. The molecule has 5 nitrogen and oxygen atoms in total. The Morgan fingerprint density at radius 3 is 2.52 bits per heavy atom. The van der Waals surface area contributed by atoms with Gasteiger partial charge in [-0.15, -0.1) is 0 Å². The lowest BCUT2D eigenvalue weighted by atomic mass is 10.0. The Kier molecular flexibility index (Phi) is 6.35. The first kappa shape index (κ1) is 21.1. The van der Waals surface area contributed by atoms with Crippen LogP contribution >= 0.6 is 23.2 Å². The van der Waals surface area contributed by atoms with Crippen LogP contribution < -0.4 is 4.90 Å². The van der Waals surface area contributed by atoms with Gasteiger partial charge in [0.05, 0.1) is 27.2 Å². The highest BCUT2D eigenvalue weighted by Crippen LogP contribution is 2.27. The number of hydrogen-bond donors (Lipinski definition) is 0. The fourth-order valence-corrected chi connectivity index (χ4v) is 3.81. The number of hydrogen-bond acceptors (Lipinski definition) is 4. The van der Waals surface area contributed by atoms with Gasteiger partial charge in [-0.25, -0.2) is 0 Å². The second-order valence-corrected chi connectivity index (χ2v) is 7.95. The number of non-ortho nitro benzene ring substituents is 1. The maximum absolute atomic E-state index is 10.9. The predicted molar refractivity (Wildman–Crippen MR) is 127 cm³/mol. The SMILES string of the molecule is O=[N+]([O-])c1ccc(CN2CCN=C(/C=C/c3ccc(Cl)c(Cl)c3)c3ccccc32)cc1. The molecular weight excluding hydrogens is 433 g/mol. The lowest BCUT2D eigenvalue weighted by molar-refractivity contribution is -0.384. The second-order valence-electron chi connectivity index (χ2n) is 7.14. The van der Waals surface area contributed by atoms with Gasteiger partial charge < -0.3 is 4.90 Å². The average molecular weight is 452 g/mol. The van der Waals surface area contributed by atoms with E-state index in [9.17, 15) is 10.1 Å². The molecule has 3 aromatic carbocycles. The number of aliphatic imine (C=N–C) groups is 1. The molecule has 0 bridgehead atoms. The quantitative estimate of drug-likeness (QED) is 0.331. The van der Waals surface area contributed by atoms with Crippen LogP contribution in [0.15, 0.2) is 77.8 Å². The third-order valence-electron chi connectivity index (χ3n) is 5.07. The van der Waals surface area contributed by atoms with Gasteiger partial charge in [-0.3, -0.25) is 15.1 Å². The van der Waals surface area contributed by atoms with Crippen molar-refractivity contribution in [3.63, 3.8) is 0 Å². The number of fused-ring (bicyclic) bond motifs is 1. The van der Waals surface area contributed by atoms with Crippen molar-refractivity contribution < 1.29 is 4.92 Å². The summed E-state index contributed by atoms with van der Waals surface area (Å²) in [5.74, 6) is 0. The Labute approximate surface area is 190 Å². The highest BCUT2D eigenvalue weighted by molar-refractivity contribution is 6.42. The van der Waals surface area contributed by atoms with E-state index in [4.69, 9.17) is 28.2 Å². The van der Waals surface area contributed by atoms with Crippen molar-refractivity contribution in [2.45, 2.75) is 6.54 Å². The van der Waals surface area contributed by atoms with Gasteiger partial charge in [0.1, 0.15) is 0 Å². The molecule has 0 unspecified atom stereocenters. The predicted octanol–water partition coefficient (Wildman–Crippen LogP) is 6.42. The fourth-order valence-electron chi connectivity index (χ4n) is 3.50. The van der Waals surface area contributed by atoms with Gasteiger partial charge in [-0.1, -0.05) is 65.7 Å². The van der Waals surface area contributed by atoms with Gasteiger partial charge in [0.25, 0.3) is 5.69 Å². The van der Waals surface area contributed by atoms with E-state index in [1.54, 1.807) is 30.3 Å². The first-order valence-corrected chi connectivity index (χ1v) is 10.5. The summed E-state index contributed by atoms with van der Waals surface area (Å²) in [5.41, 5.74) is 5.07. The summed E-state index contributed by atoms with van der Waals surface area (Å²) >= 11 is 12.1. The molecule has 0 aliphatic carbocycles. The standard InChI is InChI=1S/C24H19Cl2N3O2/c25-21-11-7-17(15-22(21)26)8-12-23-20-3-1-2-4-24(20)28(14-13-27-23)16-18-5-9-19(10-6-18)29(30)31/h1-12,15H,13-14,16H2/b12-8+. The minimum atomic E-state index is -0.384. The molecule has 3 aromatic rings. The van der Waals surface area contributed by atoms with Crippen LogP contribution in [-0.2, 0) is 6.54 Å². The van der Waals surface area contributed by atoms with E-state index in [0.29, 0.717) is 23.1 Å². The largest absolute Gasteiger partial charge is 0.365 e. The number of allylic oxidation sites excluding steroid dienone is 1. The van der Waals surface area contributed by atoms with E-state index in [0.717, 1.165) is 34.6 Å². The molecule has 0 saturated carbocycles. The molecule has 0 radical (unpaired) electrons. The first-order chi connectivity index (χ1) is 15.0. The molecular formula is C24H19Cl2N3O2. The zero-order chi connectivity index (χ0) is 21.8. The van der Waals surface area contributed by atoms with Crippen molar-refractivity contribution in [1.82, 2.24) is 0 Å². The van der Waals surface area contributed by atoms with Gasteiger partial charge in [0.2, 0.25) is 0 Å². The van der Waals surface area contributed by atoms with Crippen molar-refractivity contribution in [2.24, 2.45) is 4.99 Å². The summed E-state index contributed by atoms with van der Waals surface area (Å²) in [5, 5.41) is 11.9. The normalized spacial score (nSPS) is 13.6. The van der Waals surface area contributed by atoms with Gasteiger partial charge in [0, 0.05) is 36.5 Å². The van der Waals surface area contributed by atoms with Crippen molar-refractivity contribution in [1.29, 1.82) is 0 Å². The summed E-state index contributed by atoms with van der Waals surface area (Å²) in [6.07, 6.45) is 3.97. The Hall–Kier alpha value is -3.15. The number of anilines is 1. The summed E-state index contributed by atoms with van der Waals surface area (Å²) in [7, 11) is 0. The van der Waals surface area contributed by atoms with Crippen molar-refractivity contribution in [3.8, 4) is 0 Å². The number of nitro benzene ring substituents is 1. The molecule has 4 rings (SSSR count). The molecule has 7 heteroatoms. The topological polar surface area (TPSA) is 58.7 Å². The lowest BCUT2D eigenvalue weighted by Gasteiger charge is -2.24. The molecule has 156 valence electrons. The fraction of sp³-hybridized carbons (Fsp3) is 0.125. The van der Waals surface area contributed by atoms with Crippen LogP contribution in [0, 0.1) is 10.1 Å². The molecule has 0 spiro atoms. The maximum atomic E-state index is 10.9. The van der Waals surface area contributed by atoms with E-state index in [2.05, 4.69) is 17.0 Å². The van der Waals surface area contributed by atoms with E-state index in [1.165, 1.54) is 0 Å². The monoisotopic (exact) mass is 451 g/mol. The Balaban J connectivity index is 1.59. The second kappa shape index (κ2) is 9.33. The summed E-state index contributed by atoms with van der Waals surface area (Å²) in [6.45, 7) is 2.04. The van der Waals surface area contributed by atoms with Gasteiger partial charge >= 0.3 is 0 Å². The Morgan fingerprint density at radius 1 is 1.00 bits per heavy atom. The molecule has 0 atom stereocenters. The smallest absolute Gasteiger partial charge is 0.269 e. The third kappa shape index (κ3) is 4.95. The average Bonchev–Trinajstić information content (AvgIpc) is 2.94. The molecule has 1 heterocycles. The summed E-state index contributed by atoms with van der Waals surface area (Å²) in [4.78, 5) is 17.6. The number of benzene rings is 3. The number of benzodiazepines with no additional fused rings is 1. The minimum absolute atomic E-state index is 0.0954. The Bertz CT molecular complexity index is 1170. The van der Waals surface area contributed by atoms with Gasteiger partial charge in [-0.2, -0.15) is 0 Å². The molecule has 0 fully saturated rings. The van der Waals surface area contributed by atoms with Crippen LogP contribution in [0.5, 0.6) is 0 Å². The van der Waals surface area contributed by atoms with Crippen molar-refractivity contribution in [3.05, 3.63) is 110 Å². The molecule has 1 aliphatic heterocycles. The first-order valence-electron chi connectivity index (χ1n) is 9.76. The number of para-hydroxylation sites is 1. The maximum Gasteiger partial charge on any atom is 0.269 e. The third-order valence-corrected chi connectivity index (χ3v) is 5.81. The van der Waals surface area contributed by atoms with E-state index < -0.39 is 0 Å². The summed E-state index contributed by atoms with van der Waals surface area (Å²) in [6, 6.07) is 20.3. The number of halogens is 2. The summed E-state index contributed by atoms with van der Waals surface area (Å²) < 4.78 is 0. The van der Waals surface area contributed by atoms with Crippen LogP contribution in [0.4, 0.5) is 11.4 Å². The van der Waals surface area contributed by atoms with Crippen molar-refractivity contribution in [2.75, 3.05) is 18.0 Å².